The smallest absolute Gasteiger partial charge is 0.305 e. The first-order valence-corrected chi connectivity index (χ1v) is 22.4. The number of hydrogen-bond donors (Lipinski definition) is 0. The highest BCUT2D eigenvalue weighted by atomic mass is 28.3. The van der Waals surface area contributed by atoms with Gasteiger partial charge < -0.3 is 18.4 Å². The molecule has 0 saturated heterocycles. The molecule has 0 saturated carbocycles. The Bertz CT molecular complexity index is 618. The standard InChI is InChI=1S/C32H70N2O4Si2/c1-11-39(12-2,13-3)29-33(7,8)25-27-37-31(35)23-21-19-17-18-20-22-24-32(36)38-28-26-34(9,10)30-40(14-4,15-5)16-6/h11-30H2,1-10H3/q+2. The van der Waals surface area contributed by atoms with Gasteiger partial charge >= 0.3 is 11.9 Å². The number of carbonyl (C=O) groups excluding carboxylic acids is 2. The van der Waals surface area contributed by atoms with E-state index < -0.39 is 16.1 Å². The molecule has 0 atom stereocenters. The fourth-order valence-corrected chi connectivity index (χ4v) is 14.6. The molecular weight excluding hydrogens is 533 g/mol. The topological polar surface area (TPSA) is 52.6 Å². The van der Waals surface area contributed by atoms with Crippen LogP contribution in [0.2, 0.25) is 36.3 Å². The summed E-state index contributed by atoms with van der Waals surface area (Å²) in [4.78, 5) is 24.4. The minimum absolute atomic E-state index is 0.0540. The average Bonchev–Trinajstić information content (AvgIpc) is 2.91. The minimum Gasteiger partial charge on any atom is -0.460 e. The maximum atomic E-state index is 12.2. The maximum absolute atomic E-state index is 12.2. The minimum atomic E-state index is -1.19. The summed E-state index contributed by atoms with van der Waals surface area (Å²) in [5.41, 5.74) is 0. The van der Waals surface area contributed by atoms with E-state index in [1.54, 1.807) is 0 Å². The van der Waals surface area contributed by atoms with E-state index in [1.165, 1.54) is 48.6 Å². The molecule has 0 aromatic heterocycles. The molecule has 0 heterocycles. The summed E-state index contributed by atoms with van der Waals surface area (Å²) in [7, 11) is 6.76. The van der Waals surface area contributed by atoms with E-state index >= 15 is 0 Å². The first-order valence-electron chi connectivity index (χ1n) is 16.7. The lowest BCUT2D eigenvalue weighted by atomic mass is 10.1. The van der Waals surface area contributed by atoms with Gasteiger partial charge in [0, 0.05) is 12.8 Å². The highest BCUT2D eigenvalue weighted by molar-refractivity contribution is 6.80. The van der Waals surface area contributed by atoms with Crippen LogP contribution in [-0.4, -0.2) is 104 Å². The highest BCUT2D eigenvalue weighted by Gasteiger charge is 2.36. The van der Waals surface area contributed by atoms with Crippen LogP contribution < -0.4 is 0 Å². The predicted octanol–water partition coefficient (Wildman–Crippen LogP) is 7.44. The van der Waals surface area contributed by atoms with Crippen LogP contribution in [-0.2, 0) is 19.1 Å². The maximum Gasteiger partial charge on any atom is 0.305 e. The van der Waals surface area contributed by atoms with E-state index in [1.807, 2.05) is 0 Å². The molecule has 0 radical (unpaired) electrons. The Balaban J connectivity index is 3.93. The molecule has 0 unspecified atom stereocenters. The number of ether oxygens (including phenoxy) is 2. The second kappa shape index (κ2) is 20.2. The molecular formula is C32H70N2O4Si2+2. The van der Waals surface area contributed by atoms with Gasteiger partial charge in [0.25, 0.3) is 0 Å². The van der Waals surface area contributed by atoms with Gasteiger partial charge in [-0.25, -0.2) is 0 Å². The van der Waals surface area contributed by atoms with Gasteiger partial charge in [-0.3, -0.25) is 9.59 Å². The van der Waals surface area contributed by atoms with Gasteiger partial charge in [0.15, 0.2) is 0 Å². The molecule has 238 valence electrons. The SMILES string of the molecule is CC[Si](CC)(CC)C[N+](C)(C)CCOC(=O)CCCCCCCCC(=O)OCC[N+](C)(C)C[Si](CC)(CC)CC. The van der Waals surface area contributed by atoms with Crippen molar-refractivity contribution in [3.8, 4) is 0 Å². The van der Waals surface area contributed by atoms with Crippen molar-refractivity contribution in [1.82, 2.24) is 0 Å². The Morgan fingerprint density at radius 1 is 0.500 bits per heavy atom. The first-order chi connectivity index (χ1) is 18.8. The molecule has 0 spiro atoms. The summed E-state index contributed by atoms with van der Waals surface area (Å²) in [6.07, 6.45) is 9.65. The zero-order valence-electron chi connectivity index (χ0n) is 28.7. The van der Waals surface area contributed by atoms with Gasteiger partial charge in [-0.2, -0.15) is 0 Å². The number of unbranched alkanes of at least 4 members (excludes halogenated alkanes) is 5. The molecule has 0 N–H and O–H groups in total. The lowest BCUT2D eigenvalue weighted by molar-refractivity contribution is -0.880. The highest BCUT2D eigenvalue weighted by Crippen LogP contribution is 2.24. The van der Waals surface area contributed by atoms with Crippen LogP contribution in [0, 0.1) is 0 Å². The molecule has 0 aliphatic carbocycles. The molecule has 40 heavy (non-hydrogen) atoms. The van der Waals surface area contributed by atoms with Gasteiger partial charge in [0.2, 0.25) is 0 Å². The van der Waals surface area contributed by atoms with Crippen molar-refractivity contribution in [2.75, 3.05) is 66.8 Å². The van der Waals surface area contributed by atoms with Crippen molar-refractivity contribution in [3.05, 3.63) is 0 Å². The zero-order chi connectivity index (χ0) is 30.7. The first kappa shape index (κ1) is 39.3. The van der Waals surface area contributed by atoms with Crippen molar-refractivity contribution >= 4 is 28.1 Å². The number of likely N-dealkylation sites (N-methyl/N-ethyl adjacent to an activating group) is 2. The van der Waals surface area contributed by atoms with E-state index in [0.29, 0.717) is 26.1 Å². The Kier molecular flexibility index (Phi) is 19.9. The van der Waals surface area contributed by atoms with Crippen LogP contribution in [0.4, 0.5) is 0 Å². The molecule has 8 heteroatoms. The van der Waals surface area contributed by atoms with Gasteiger partial charge in [0.05, 0.1) is 40.5 Å². The second-order valence-electron chi connectivity index (χ2n) is 13.8. The largest absolute Gasteiger partial charge is 0.460 e. The summed E-state index contributed by atoms with van der Waals surface area (Å²) in [5, 5.41) is 0. The number of hydrogen-bond acceptors (Lipinski definition) is 4. The number of rotatable bonds is 25. The second-order valence-corrected chi connectivity index (χ2v) is 24.7. The van der Waals surface area contributed by atoms with Gasteiger partial charge in [0.1, 0.15) is 42.5 Å². The third-order valence-corrected chi connectivity index (χ3v) is 22.0. The zero-order valence-corrected chi connectivity index (χ0v) is 30.7. The Morgan fingerprint density at radius 3 is 1.05 bits per heavy atom. The van der Waals surface area contributed by atoms with Crippen molar-refractivity contribution in [3.63, 3.8) is 0 Å². The lowest BCUT2D eigenvalue weighted by Gasteiger charge is -2.39. The third-order valence-electron chi connectivity index (χ3n) is 9.96. The molecule has 0 aliphatic heterocycles. The fourth-order valence-electron chi connectivity index (χ4n) is 6.35. The molecule has 0 bridgehead atoms. The van der Waals surface area contributed by atoms with E-state index in [9.17, 15) is 9.59 Å². The fraction of sp³-hybridized carbons (Fsp3) is 0.938. The number of quaternary nitrogens is 2. The molecule has 0 aromatic carbocycles. The summed E-state index contributed by atoms with van der Waals surface area (Å²) in [6, 6.07) is 8.02. The third kappa shape index (κ3) is 16.7. The molecule has 0 fully saturated rings. The van der Waals surface area contributed by atoms with Gasteiger partial charge in [-0.15, -0.1) is 0 Å². The number of nitrogens with zero attached hydrogens (tertiary/aromatic N) is 2. The van der Waals surface area contributed by atoms with Crippen LogP contribution in [0.3, 0.4) is 0 Å². The summed E-state index contributed by atoms with van der Waals surface area (Å²) < 4.78 is 13.1. The predicted molar refractivity (Wildman–Crippen MR) is 177 cm³/mol. The van der Waals surface area contributed by atoms with Gasteiger partial charge in [-0.1, -0.05) is 103 Å². The van der Waals surface area contributed by atoms with Crippen molar-refractivity contribution < 1.29 is 28.0 Å². The van der Waals surface area contributed by atoms with Crippen LogP contribution in [0.15, 0.2) is 0 Å². The van der Waals surface area contributed by atoms with Crippen LogP contribution >= 0.6 is 0 Å². The molecule has 0 amide bonds. The number of carbonyl (C=O) groups is 2. The molecule has 0 aliphatic rings. The Labute approximate surface area is 251 Å². The monoisotopic (exact) mass is 602 g/mol. The number of esters is 2. The molecule has 0 rings (SSSR count). The normalized spacial score (nSPS) is 12.9. The van der Waals surface area contributed by atoms with Crippen LogP contribution in [0.5, 0.6) is 0 Å². The average molecular weight is 603 g/mol. The van der Waals surface area contributed by atoms with Crippen LogP contribution in [0.25, 0.3) is 0 Å². The lowest BCUT2D eigenvalue weighted by Crippen LogP contribution is -2.55. The van der Waals surface area contributed by atoms with E-state index in [4.69, 9.17) is 9.47 Å². The summed E-state index contributed by atoms with van der Waals surface area (Å²) in [5.74, 6) is -0.108. The van der Waals surface area contributed by atoms with Gasteiger partial charge in [-0.05, 0) is 12.8 Å². The van der Waals surface area contributed by atoms with Crippen molar-refractivity contribution in [2.45, 2.75) is 129 Å². The molecule has 6 nitrogen and oxygen atoms in total. The van der Waals surface area contributed by atoms with E-state index in [-0.39, 0.29) is 11.9 Å². The van der Waals surface area contributed by atoms with Crippen LogP contribution in [0.1, 0.15) is 92.9 Å². The van der Waals surface area contributed by atoms with E-state index in [0.717, 1.165) is 60.6 Å². The van der Waals surface area contributed by atoms with E-state index in [2.05, 4.69) is 69.7 Å². The quantitative estimate of drug-likeness (QED) is 0.0472. The molecule has 0 aromatic rings. The summed E-state index contributed by atoms with van der Waals surface area (Å²) >= 11 is 0. The van der Waals surface area contributed by atoms with Crippen molar-refractivity contribution in [2.24, 2.45) is 0 Å². The Hall–Kier alpha value is -0.706. The van der Waals surface area contributed by atoms with Crippen molar-refractivity contribution in [1.29, 1.82) is 0 Å². The Morgan fingerprint density at radius 2 is 0.775 bits per heavy atom. The summed E-state index contributed by atoms with van der Waals surface area (Å²) in [6.45, 7) is 17.0.